The summed E-state index contributed by atoms with van der Waals surface area (Å²) in [7, 11) is 0. The second-order valence-electron chi connectivity index (χ2n) is 8.67. The van der Waals surface area contributed by atoms with E-state index in [0.29, 0.717) is 34.3 Å². The van der Waals surface area contributed by atoms with Gasteiger partial charge in [0, 0.05) is 28.7 Å². The van der Waals surface area contributed by atoms with Gasteiger partial charge in [-0.25, -0.2) is 0 Å². The van der Waals surface area contributed by atoms with E-state index in [9.17, 15) is 9.59 Å². The molecule has 0 saturated carbocycles. The van der Waals surface area contributed by atoms with Crippen LogP contribution in [0.2, 0.25) is 10.0 Å². The maximum absolute atomic E-state index is 13.5. The van der Waals surface area contributed by atoms with Crippen molar-refractivity contribution in [3.63, 3.8) is 0 Å². The van der Waals surface area contributed by atoms with Gasteiger partial charge in [-0.15, -0.1) is 0 Å². The Hall–Kier alpha value is -2.28. The van der Waals surface area contributed by atoms with Crippen LogP contribution in [0.15, 0.2) is 59.1 Å². The van der Waals surface area contributed by atoms with Crippen LogP contribution in [0.4, 0.5) is 0 Å². The van der Waals surface area contributed by atoms with E-state index in [2.05, 4.69) is 21.2 Å². The number of ether oxygens (including phenoxy) is 1. The zero-order valence-corrected chi connectivity index (χ0v) is 23.1. The number of amides is 2. The van der Waals surface area contributed by atoms with Crippen molar-refractivity contribution in [3.05, 3.63) is 74.7 Å². The van der Waals surface area contributed by atoms with Gasteiger partial charge in [-0.05, 0) is 57.2 Å². The van der Waals surface area contributed by atoms with Crippen molar-refractivity contribution < 1.29 is 14.3 Å². The summed E-state index contributed by atoms with van der Waals surface area (Å²) in [5.74, 6) is 0.273. The van der Waals surface area contributed by atoms with E-state index in [1.807, 2.05) is 57.2 Å². The predicted octanol–water partition coefficient (Wildman–Crippen LogP) is 6.87. The molecule has 1 unspecified atom stereocenters. The maximum Gasteiger partial charge on any atom is 0.261 e. The van der Waals surface area contributed by atoms with Gasteiger partial charge in [0.25, 0.3) is 5.91 Å². The van der Waals surface area contributed by atoms with Crippen LogP contribution in [0.5, 0.6) is 5.75 Å². The zero-order valence-electron chi connectivity index (χ0n) is 20.0. The van der Waals surface area contributed by atoms with E-state index >= 15 is 0 Å². The van der Waals surface area contributed by atoms with E-state index in [0.717, 1.165) is 15.2 Å². The molecule has 0 saturated heterocycles. The third-order valence-electron chi connectivity index (χ3n) is 5.64. The molecule has 35 heavy (non-hydrogen) atoms. The van der Waals surface area contributed by atoms with Crippen LogP contribution in [-0.4, -0.2) is 35.9 Å². The van der Waals surface area contributed by atoms with Gasteiger partial charge < -0.3 is 15.0 Å². The lowest BCUT2D eigenvalue weighted by Gasteiger charge is -2.31. The van der Waals surface area contributed by atoms with Crippen molar-refractivity contribution >= 4 is 61.7 Å². The third-order valence-corrected chi connectivity index (χ3v) is 7.17. The summed E-state index contributed by atoms with van der Waals surface area (Å²) in [6.07, 6.45) is 0.428. The molecule has 0 aliphatic rings. The molecule has 1 atom stereocenters. The van der Waals surface area contributed by atoms with Crippen LogP contribution >= 0.6 is 39.1 Å². The Morgan fingerprint density at radius 2 is 1.71 bits per heavy atom. The van der Waals surface area contributed by atoms with Crippen LogP contribution in [0.1, 0.15) is 32.8 Å². The van der Waals surface area contributed by atoms with Gasteiger partial charge in [-0.2, -0.15) is 0 Å². The molecule has 5 nitrogen and oxygen atoms in total. The molecule has 0 heterocycles. The first-order valence-corrected chi connectivity index (χ1v) is 13.1. The number of rotatable bonds is 10. The number of benzene rings is 3. The van der Waals surface area contributed by atoms with Crippen molar-refractivity contribution in [1.29, 1.82) is 0 Å². The van der Waals surface area contributed by atoms with E-state index in [1.54, 1.807) is 18.2 Å². The molecule has 3 aromatic rings. The first-order valence-electron chi connectivity index (χ1n) is 11.5. The minimum Gasteiger partial charge on any atom is -0.483 e. The Morgan fingerprint density at radius 3 is 2.37 bits per heavy atom. The molecule has 0 aromatic heterocycles. The number of halogens is 3. The highest BCUT2D eigenvalue weighted by Gasteiger charge is 2.30. The fraction of sp³-hybridized carbons (Fsp3) is 0.333. The molecule has 1 N–H and O–H groups in total. The summed E-state index contributed by atoms with van der Waals surface area (Å²) in [4.78, 5) is 28.0. The highest BCUT2D eigenvalue weighted by atomic mass is 79.9. The van der Waals surface area contributed by atoms with Crippen molar-refractivity contribution in [1.82, 2.24) is 10.2 Å². The van der Waals surface area contributed by atoms with Gasteiger partial charge in [-0.1, -0.05) is 80.4 Å². The Morgan fingerprint density at radius 1 is 1.03 bits per heavy atom. The Balaban J connectivity index is 1.86. The van der Waals surface area contributed by atoms with Gasteiger partial charge in [0.05, 0.1) is 4.47 Å². The molecule has 3 rings (SSSR count). The summed E-state index contributed by atoms with van der Waals surface area (Å²) in [5.41, 5.74) is 0.589. The highest BCUT2D eigenvalue weighted by Crippen LogP contribution is 2.33. The zero-order chi connectivity index (χ0) is 25.5. The summed E-state index contributed by atoms with van der Waals surface area (Å²) >= 11 is 16.4. The third kappa shape index (κ3) is 6.90. The summed E-state index contributed by atoms with van der Waals surface area (Å²) in [5, 5.41) is 5.85. The largest absolute Gasteiger partial charge is 0.483 e. The van der Waals surface area contributed by atoms with Crippen molar-refractivity contribution in [2.24, 2.45) is 5.92 Å². The van der Waals surface area contributed by atoms with Gasteiger partial charge in [-0.3, -0.25) is 9.59 Å². The van der Waals surface area contributed by atoms with E-state index in [1.165, 1.54) is 4.90 Å². The molecular formula is C27H29BrCl2N2O3. The first kappa shape index (κ1) is 27.3. The van der Waals surface area contributed by atoms with Crippen LogP contribution < -0.4 is 10.1 Å². The number of fused-ring (bicyclic) bond motifs is 1. The number of nitrogens with one attached hydrogen (secondary N) is 1. The van der Waals surface area contributed by atoms with E-state index in [-0.39, 0.29) is 30.9 Å². The average molecular weight is 580 g/mol. The summed E-state index contributed by atoms with van der Waals surface area (Å²) in [6.45, 7) is 6.27. The molecule has 0 radical (unpaired) electrons. The van der Waals surface area contributed by atoms with Crippen molar-refractivity contribution in [2.75, 3.05) is 13.2 Å². The Labute approximate surface area is 224 Å². The van der Waals surface area contributed by atoms with Gasteiger partial charge in [0.15, 0.2) is 6.61 Å². The maximum atomic E-state index is 13.5. The lowest BCUT2D eigenvalue weighted by Crippen LogP contribution is -2.50. The molecule has 186 valence electrons. The standard InChI is InChI=1S/C27H29BrCl2N2O3/c1-4-23(27(34)31-14-17(2)3)32(15-20-21(29)10-7-11-22(20)30)25(33)16-35-24-13-12-18-8-5-6-9-19(18)26(24)28/h5-13,17,23H,4,14-16H2,1-3H3,(H,31,34). The second kappa shape index (κ2) is 12.6. The van der Waals surface area contributed by atoms with Crippen LogP contribution in [0.25, 0.3) is 10.8 Å². The highest BCUT2D eigenvalue weighted by molar-refractivity contribution is 9.10. The number of hydrogen-bond acceptors (Lipinski definition) is 3. The Kier molecular flexibility index (Phi) is 9.84. The lowest BCUT2D eigenvalue weighted by atomic mass is 10.1. The smallest absolute Gasteiger partial charge is 0.261 e. The van der Waals surface area contributed by atoms with Crippen LogP contribution in [0, 0.1) is 5.92 Å². The fourth-order valence-corrected chi connectivity index (χ4v) is 4.87. The summed E-state index contributed by atoms with van der Waals surface area (Å²) in [6, 6.07) is 16.1. The van der Waals surface area contributed by atoms with E-state index < -0.39 is 6.04 Å². The van der Waals surface area contributed by atoms with Crippen LogP contribution in [0.3, 0.4) is 0 Å². The van der Waals surface area contributed by atoms with Crippen molar-refractivity contribution in [3.8, 4) is 5.75 Å². The molecule has 0 spiro atoms. The fourth-order valence-electron chi connectivity index (χ4n) is 3.74. The molecule has 0 fully saturated rings. The SMILES string of the molecule is CCC(C(=O)NCC(C)C)N(Cc1c(Cl)cccc1Cl)C(=O)COc1ccc2ccccc2c1Br. The quantitative estimate of drug-likeness (QED) is 0.285. The number of hydrogen-bond donors (Lipinski definition) is 1. The lowest BCUT2D eigenvalue weighted by molar-refractivity contribution is -0.143. The van der Waals surface area contributed by atoms with Crippen LogP contribution in [-0.2, 0) is 16.1 Å². The molecule has 0 aliphatic heterocycles. The van der Waals surface area contributed by atoms with Crippen molar-refractivity contribution in [2.45, 2.75) is 39.8 Å². The monoisotopic (exact) mass is 578 g/mol. The van der Waals surface area contributed by atoms with Gasteiger partial charge in [0.1, 0.15) is 11.8 Å². The topological polar surface area (TPSA) is 58.6 Å². The van der Waals surface area contributed by atoms with Gasteiger partial charge >= 0.3 is 0 Å². The minimum atomic E-state index is -0.697. The summed E-state index contributed by atoms with van der Waals surface area (Å²) < 4.78 is 6.69. The predicted molar refractivity (Wildman–Crippen MR) is 146 cm³/mol. The average Bonchev–Trinajstić information content (AvgIpc) is 2.84. The first-order chi connectivity index (χ1) is 16.7. The molecule has 3 aromatic carbocycles. The second-order valence-corrected chi connectivity index (χ2v) is 10.3. The van der Waals surface area contributed by atoms with E-state index in [4.69, 9.17) is 27.9 Å². The number of nitrogens with zero attached hydrogens (tertiary/aromatic N) is 1. The molecule has 0 bridgehead atoms. The normalized spacial score (nSPS) is 12.0. The van der Waals surface area contributed by atoms with Gasteiger partial charge in [0.2, 0.25) is 5.91 Å². The Bertz CT molecular complexity index is 1180. The molecule has 2 amide bonds. The number of carbonyl (C=O) groups is 2. The number of carbonyl (C=O) groups excluding carboxylic acids is 2. The minimum absolute atomic E-state index is 0.0905. The molecule has 0 aliphatic carbocycles. The molecular weight excluding hydrogens is 551 g/mol. The molecule has 8 heteroatoms.